The van der Waals surface area contributed by atoms with Gasteiger partial charge in [-0.2, -0.15) is 5.10 Å². The number of nitrogens with zero attached hydrogens (tertiary/aromatic N) is 2. The van der Waals surface area contributed by atoms with Crippen LogP contribution in [-0.4, -0.2) is 28.5 Å². The molecule has 0 spiro atoms. The van der Waals surface area contributed by atoms with Crippen LogP contribution in [0.2, 0.25) is 0 Å². The molecule has 1 rings (SSSR count). The molecule has 4 nitrogen and oxygen atoms in total. The molecule has 0 unspecified atom stereocenters. The lowest BCUT2D eigenvalue weighted by Gasteiger charge is -2.24. The van der Waals surface area contributed by atoms with Crippen LogP contribution in [0.25, 0.3) is 0 Å². The van der Waals surface area contributed by atoms with Gasteiger partial charge in [0.25, 0.3) is 0 Å². The standard InChI is InChI=1S/C13H25N3O/c1-6-17-13(4,5)10-14-9-12-7-8-16(15-12)11(2)3/h7-8,11,14H,6,9-10H2,1-5H3. The van der Waals surface area contributed by atoms with Crippen LogP contribution in [0.15, 0.2) is 12.3 Å². The van der Waals surface area contributed by atoms with Crippen LogP contribution in [0.5, 0.6) is 0 Å². The summed E-state index contributed by atoms with van der Waals surface area (Å²) in [5, 5.41) is 7.87. The van der Waals surface area contributed by atoms with Gasteiger partial charge in [-0.1, -0.05) is 0 Å². The third kappa shape index (κ3) is 4.88. The first-order valence-corrected chi connectivity index (χ1v) is 6.33. The molecule has 0 radical (unpaired) electrons. The zero-order valence-electron chi connectivity index (χ0n) is 11.7. The Morgan fingerprint density at radius 3 is 2.71 bits per heavy atom. The number of rotatable bonds is 7. The predicted octanol–water partition coefficient (Wildman–Crippen LogP) is 2.37. The molecule has 1 aromatic heterocycles. The van der Waals surface area contributed by atoms with Crippen LogP contribution in [-0.2, 0) is 11.3 Å². The summed E-state index contributed by atoms with van der Waals surface area (Å²) in [6, 6.07) is 2.48. The first kappa shape index (κ1) is 14.2. The lowest BCUT2D eigenvalue weighted by molar-refractivity contribution is -0.00902. The fourth-order valence-corrected chi connectivity index (χ4v) is 1.69. The molecule has 0 aliphatic rings. The average molecular weight is 239 g/mol. The predicted molar refractivity (Wildman–Crippen MR) is 70.0 cm³/mol. The lowest BCUT2D eigenvalue weighted by atomic mass is 10.1. The quantitative estimate of drug-likeness (QED) is 0.794. The van der Waals surface area contributed by atoms with Crippen molar-refractivity contribution in [3.05, 3.63) is 18.0 Å². The van der Waals surface area contributed by atoms with Gasteiger partial charge in [0.05, 0.1) is 11.3 Å². The summed E-state index contributed by atoms with van der Waals surface area (Å²) < 4.78 is 7.60. The molecule has 0 aromatic carbocycles. The fourth-order valence-electron chi connectivity index (χ4n) is 1.69. The average Bonchev–Trinajstić information content (AvgIpc) is 2.66. The first-order valence-electron chi connectivity index (χ1n) is 6.33. The van der Waals surface area contributed by atoms with E-state index >= 15 is 0 Å². The minimum atomic E-state index is -0.116. The molecular weight excluding hydrogens is 214 g/mol. The maximum absolute atomic E-state index is 5.62. The van der Waals surface area contributed by atoms with Gasteiger partial charge in [0.15, 0.2) is 0 Å². The van der Waals surface area contributed by atoms with Crippen molar-refractivity contribution < 1.29 is 4.74 Å². The van der Waals surface area contributed by atoms with Gasteiger partial charge in [-0.05, 0) is 40.7 Å². The van der Waals surface area contributed by atoms with Crippen molar-refractivity contribution in [2.45, 2.75) is 52.8 Å². The van der Waals surface area contributed by atoms with Gasteiger partial charge in [0.1, 0.15) is 0 Å². The second kappa shape index (κ2) is 6.17. The van der Waals surface area contributed by atoms with Crippen molar-refractivity contribution in [1.82, 2.24) is 15.1 Å². The number of hydrogen-bond acceptors (Lipinski definition) is 3. The third-order valence-corrected chi connectivity index (χ3v) is 2.58. The Labute approximate surface area is 104 Å². The molecule has 1 heterocycles. The van der Waals surface area contributed by atoms with Crippen molar-refractivity contribution in [1.29, 1.82) is 0 Å². The summed E-state index contributed by atoms with van der Waals surface area (Å²) in [4.78, 5) is 0. The van der Waals surface area contributed by atoms with Crippen LogP contribution >= 0.6 is 0 Å². The summed E-state index contributed by atoms with van der Waals surface area (Å²) >= 11 is 0. The summed E-state index contributed by atoms with van der Waals surface area (Å²) in [5.74, 6) is 0. The summed E-state index contributed by atoms with van der Waals surface area (Å²) in [7, 11) is 0. The number of aromatic nitrogens is 2. The topological polar surface area (TPSA) is 39.1 Å². The summed E-state index contributed by atoms with van der Waals surface area (Å²) in [6.07, 6.45) is 2.02. The minimum Gasteiger partial charge on any atom is -0.375 e. The Bertz CT molecular complexity index is 331. The van der Waals surface area contributed by atoms with E-state index in [2.05, 4.69) is 44.2 Å². The van der Waals surface area contributed by atoms with Crippen LogP contribution in [0.1, 0.15) is 46.4 Å². The monoisotopic (exact) mass is 239 g/mol. The van der Waals surface area contributed by atoms with Gasteiger partial charge in [-0.15, -0.1) is 0 Å². The molecule has 0 saturated heterocycles. The zero-order chi connectivity index (χ0) is 12.9. The maximum Gasteiger partial charge on any atom is 0.0762 e. The third-order valence-electron chi connectivity index (χ3n) is 2.58. The van der Waals surface area contributed by atoms with E-state index in [0.29, 0.717) is 6.04 Å². The Morgan fingerprint density at radius 1 is 1.47 bits per heavy atom. The maximum atomic E-state index is 5.62. The second-order valence-electron chi connectivity index (χ2n) is 5.18. The van der Waals surface area contributed by atoms with Gasteiger partial charge >= 0.3 is 0 Å². The first-order chi connectivity index (χ1) is 7.94. The van der Waals surface area contributed by atoms with Crippen molar-refractivity contribution in [3.8, 4) is 0 Å². The molecule has 0 amide bonds. The Hall–Kier alpha value is -0.870. The van der Waals surface area contributed by atoms with Crippen molar-refractivity contribution in [3.63, 3.8) is 0 Å². The Morgan fingerprint density at radius 2 is 2.18 bits per heavy atom. The zero-order valence-corrected chi connectivity index (χ0v) is 11.7. The number of nitrogens with one attached hydrogen (secondary N) is 1. The van der Waals surface area contributed by atoms with E-state index in [-0.39, 0.29) is 5.60 Å². The molecule has 0 bridgehead atoms. The smallest absolute Gasteiger partial charge is 0.0762 e. The molecule has 0 aliphatic carbocycles. The molecule has 98 valence electrons. The Kier molecular flexibility index (Phi) is 5.15. The van der Waals surface area contributed by atoms with E-state index in [1.807, 2.05) is 17.8 Å². The normalized spacial score (nSPS) is 12.4. The van der Waals surface area contributed by atoms with E-state index in [1.165, 1.54) is 0 Å². The van der Waals surface area contributed by atoms with Crippen LogP contribution < -0.4 is 5.32 Å². The molecule has 0 saturated carbocycles. The van der Waals surface area contributed by atoms with Gasteiger partial charge < -0.3 is 10.1 Å². The Balaban J connectivity index is 2.35. The molecule has 1 aromatic rings. The molecule has 1 N–H and O–H groups in total. The lowest BCUT2D eigenvalue weighted by Crippen LogP contribution is -2.37. The van der Waals surface area contributed by atoms with E-state index in [1.54, 1.807) is 0 Å². The molecule has 17 heavy (non-hydrogen) atoms. The van der Waals surface area contributed by atoms with Crippen LogP contribution in [0.3, 0.4) is 0 Å². The number of hydrogen-bond donors (Lipinski definition) is 1. The summed E-state index contributed by atoms with van der Waals surface area (Å²) in [5.41, 5.74) is 0.959. The van der Waals surface area contributed by atoms with Gasteiger partial charge in [-0.25, -0.2) is 0 Å². The molecule has 0 aliphatic heterocycles. The highest BCUT2D eigenvalue weighted by atomic mass is 16.5. The highest BCUT2D eigenvalue weighted by molar-refractivity contribution is 4.99. The van der Waals surface area contributed by atoms with E-state index in [4.69, 9.17) is 4.74 Å². The SMILES string of the molecule is CCOC(C)(C)CNCc1ccn(C(C)C)n1. The van der Waals surface area contributed by atoms with Crippen molar-refractivity contribution >= 4 is 0 Å². The molecular formula is C13H25N3O. The summed E-state index contributed by atoms with van der Waals surface area (Å²) in [6.45, 7) is 12.8. The van der Waals surface area contributed by atoms with Crippen LogP contribution in [0, 0.1) is 0 Å². The fraction of sp³-hybridized carbons (Fsp3) is 0.769. The largest absolute Gasteiger partial charge is 0.375 e. The van der Waals surface area contributed by atoms with Gasteiger partial charge in [0.2, 0.25) is 0 Å². The van der Waals surface area contributed by atoms with E-state index in [0.717, 1.165) is 25.4 Å². The van der Waals surface area contributed by atoms with Gasteiger partial charge in [0, 0.05) is 31.9 Å². The highest BCUT2D eigenvalue weighted by Crippen LogP contribution is 2.08. The van der Waals surface area contributed by atoms with Crippen LogP contribution in [0.4, 0.5) is 0 Å². The molecule has 4 heteroatoms. The molecule has 0 fully saturated rings. The minimum absolute atomic E-state index is 0.116. The highest BCUT2D eigenvalue weighted by Gasteiger charge is 2.16. The van der Waals surface area contributed by atoms with E-state index in [9.17, 15) is 0 Å². The second-order valence-corrected chi connectivity index (χ2v) is 5.18. The van der Waals surface area contributed by atoms with Gasteiger partial charge in [-0.3, -0.25) is 4.68 Å². The van der Waals surface area contributed by atoms with E-state index < -0.39 is 0 Å². The van der Waals surface area contributed by atoms with Crippen molar-refractivity contribution in [2.24, 2.45) is 0 Å². The molecule has 0 atom stereocenters. The van der Waals surface area contributed by atoms with Crippen molar-refractivity contribution in [2.75, 3.05) is 13.2 Å². The number of ether oxygens (including phenoxy) is 1.